The molecular formula is C10H19N5. The van der Waals surface area contributed by atoms with E-state index < -0.39 is 0 Å². The molecule has 0 amide bonds. The number of nitrogens with zero attached hydrogens (tertiary/aromatic N) is 4. The number of likely N-dealkylation sites (tertiary alicyclic amines) is 1. The highest BCUT2D eigenvalue weighted by molar-refractivity contribution is 4.96. The van der Waals surface area contributed by atoms with Gasteiger partial charge in [-0.3, -0.25) is 4.90 Å². The fourth-order valence-electron chi connectivity index (χ4n) is 2.21. The summed E-state index contributed by atoms with van der Waals surface area (Å²) in [6.45, 7) is 4.44. The van der Waals surface area contributed by atoms with Crippen molar-refractivity contribution in [2.45, 2.75) is 25.4 Å². The van der Waals surface area contributed by atoms with Crippen LogP contribution in [0.5, 0.6) is 0 Å². The maximum atomic E-state index is 4.16. The summed E-state index contributed by atoms with van der Waals surface area (Å²) in [5, 5.41) is 11.4. The van der Waals surface area contributed by atoms with Crippen molar-refractivity contribution in [1.29, 1.82) is 0 Å². The van der Waals surface area contributed by atoms with Gasteiger partial charge in [0.15, 0.2) is 0 Å². The zero-order valence-corrected chi connectivity index (χ0v) is 9.64. The Bertz CT molecular complexity index is 321. The number of hydrogen-bond acceptors (Lipinski definition) is 4. The first-order valence-corrected chi connectivity index (χ1v) is 5.47. The molecule has 0 saturated carbocycles. The van der Waals surface area contributed by atoms with Crippen molar-refractivity contribution in [3.05, 3.63) is 12.2 Å². The summed E-state index contributed by atoms with van der Waals surface area (Å²) in [6.07, 6.45) is 2.98. The summed E-state index contributed by atoms with van der Waals surface area (Å²) in [4.78, 5) is 2.45. The second kappa shape index (κ2) is 4.28. The first kappa shape index (κ1) is 10.6. The van der Waals surface area contributed by atoms with E-state index in [1.165, 1.54) is 6.42 Å². The van der Waals surface area contributed by atoms with Crippen molar-refractivity contribution in [3.63, 3.8) is 0 Å². The monoisotopic (exact) mass is 209 g/mol. The van der Waals surface area contributed by atoms with Gasteiger partial charge in [-0.2, -0.15) is 0 Å². The maximum absolute atomic E-state index is 4.16. The van der Waals surface area contributed by atoms with Crippen molar-refractivity contribution in [3.8, 4) is 0 Å². The largest absolute Gasteiger partial charge is 0.319 e. The lowest BCUT2D eigenvalue weighted by Crippen LogP contribution is -2.31. The summed E-state index contributed by atoms with van der Waals surface area (Å²) < 4.78 is 2.00. The third kappa shape index (κ3) is 2.03. The summed E-state index contributed by atoms with van der Waals surface area (Å²) in [6, 6.07) is 0.983. The SMILES string of the molecule is CNC1CCN(C(C)c2nncn2C)C1. The Morgan fingerprint density at radius 3 is 2.93 bits per heavy atom. The lowest BCUT2D eigenvalue weighted by atomic mass is 10.2. The molecule has 0 spiro atoms. The molecule has 1 saturated heterocycles. The molecule has 1 fully saturated rings. The van der Waals surface area contributed by atoms with Crippen molar-refractivity contribution < 1.29 is 0 Å². The second-order valence-corrected chi connectivity index (χ2v) is 4.25. The molecule has 15 heavy (non-hydrogen) atoms. The van der Waals surface area contributed by atoms with Gasteiger partial charge in [0, 0.05) is 26.2 Å². The number of aromatic nitrogens is 3. The summed E-state index contributed by atoms with van der Waals surface area (Å²) in [7, 11) is 4.03. The second-order valence-electron chi connectivity index (χ2n) is 4.25. The van der Waals surface area contributed by atoms with Crippen LogP contribution in [0.15, 0.2) is 6.33 Å². The fourth-order valence-corrected chi connectivity index (χ4v) is 2.21. The van der Waals surface area contributed by atoms with E-state index in [1.807, 2.05) is 18.7 Å². The molecule has 2 rings (SSSR count). The van der Waals surface area contributed by atoms with E-state index in [1.54, 1.807) is 6.33 Å². The molecule has 2 unspecified atom stereocenters. The summed E-state index contributed by atoms with van der Waals surface area (Å²) >= 11 is 0. The normalized spacial score (nSPS) is 24.6. The van der Waals surface area contributed by atoms with Crippen LogP contribution >= 0.6 is 0 Å². The highest BCUT2D eigenvalue weighted by Crippen LogP contribution is 2.22. The lowest BCUT2D eigenvalue weighted by Gasteiger charge is -2.23. The zero-order valence-electron chi connectivity index (χ0n) is 9.64. The molecule has 1 aliphatic rings. The average molecular weight is 209 g/mol. The van der Waals surface area contributed by atoms with Gasteiger partial charge in [0.25, 0.3) is 0 Å². The molecular weight excluding hydrogens is 190 g/mol. The number of aryl methyl sites for hydroxylation is 1. The highest BCUT2D eigenvalue weighted by Gasteiger charge is 2.27. The van der Waals surface area contributed by atoms with Crippen LogP contribution in [0.3, 0.4) is 0 Å². The molecule has 0 bridgehead atoms. The van der Waals surface area contributed by atoms with Crippen LogP contribution in [0.2, 0.25) is 0 Å². The van der Waals surface area contributed by atoms with Crippen LogP contribution in [-0.4, -0.2) is 45.8 Å². The van der Waals surface area contributed by atoms with Gasteiger partial charge < -0.3 is 9.88 Å². The van der Waals surface area contributed by atoms with Gasteiger partial charge >= 0.3 is 0 Å². The quantitative estimate of drug-likeness (QED) is 0.771. The Labute approximate surface area is 90.5 Å². The van der Waals surface area contributed by atoms with E-state index >= 15 is 0 Å². The Hall–Kier alpha value is -0.940. The fraction of sp³-hybridized carbons (Fsp3) is 0.800. The van der Waals surface area contributed by atoms with Crippen LogP contribution in [-0.2, 0) is 7.05 Å². The van der Waals surface area contributed by atoms with Crippen LogP contribution in [0.4, 0.5) is 0 Å². The Morgan fingerprint density at radius 2 is 2.40 bits per heavy atom. The standard InChI is InChI=1S/C10H19N5/c1-8(10-13-12-7-14(10)3)15-5-4-9(6-15)11-2/h7-9,11H,4-6H2,1-3H3. The number of rotatable bonds is 3. The molecule has 84 valence electrons. The smallest absolute Gasteiger partial charge is 0.149 e. The van der Waals surface area contributed by atoms with Crippen LogP contribution in [0.25, 0.3) is 0 Å². The molecule has 2 heterocycles. The Kier molecular flexibility index (Phi) is 3.02. The summed E-state index contributed by atoms with van der Waals surface area (Å²) in [5.74, 6) is 1.05. The lowest BCUT2D eigenvalue weighted by molar-refractivity contribution is 0.243. The van der Waals surface area contributed by atoms with E-state index in [0.717, 1.165) is 18.9 Å². The molecule has 1 aromatic rings. The van der Waals surface area contributed by atoms with Crippen LogP contribution in [0, 0.1) is 0 Å². The minimum atomic E-state index is 0.357. The van der Waals surface area contributed by atoms with Gasteiger partial charge in [-0.15, -0.1) is 10.2 Å². The van der Waals surface area contributed by atoms with Crippen molar-refractivity contribution in [2.24, 2.45) is 7.05 Å². The predicted molar refractivity (Wildman–Crippen MR) is 58.5 cm³/mol. The predicted octanol–water partition coefficient (Wildman–Crippen LogP) is 0.170. The first-order valence-electron chi connectivity index (χ1n) is 5.47. The van der Waals surface area contributed by atoms with Gasteiger partial charge in [-0.05, 0) is 20.4 Å². The number of nitrogens with one attached hydrogen (secondary N) is 1. The molecule has 5 nitrogen and oxygen atoms in total. The van der Waals surface area contributed by atoms with Gasteiger partial charge in [0.05, 0.1) is 6.04 Å². The van der Waals surface area contributed by atoms with Crippen molar-refractivity contribution in [1.82, 2.24) is 25.0 Å². The number of likely N-dealkylation sites (N-methyl/N-ethyl adjacent to an activating group) is 1. The summed E-state index contributed by atoms with van der Waals surface area (Å²) in [5.41, 5.74) is 0. The maximum Gasteiger partial charge on any atom is 0.149 e. The molecule has 1 aliphatic heterocycles. The minimum Gasteiger partial charge on any atom is -0.319 e. The molecule has 5 heteroatoms. The Morgan fingerprint density at radius 1 is 1.60 bits per heavy atom. The van der Waals surface area contributed by atoms with E-state index in [2.05, 4.69) is 27.3 Å². The first-order chi connectivity index (χ1) is 7.22. The highest BCUT2D eigenvalue weighted by atomic mass is 15.3. The van der Waals surface area contributed by atoms with E-state index in [-0.39, 0.29) is 0 Å². The van der Waals surface area contributed by atoms with Gasteiger partial charge in [0.1, 0.15) is 12.2 Å². The Balaban J connectivity index is 2.03. The van der Waals surface area contributed by atoms with Crippen molar-refractivity contribution in [2.75, 3.05) is 20.1 Å². The number of hydrogen-bond donors (Lipinski definition) is 1. The molecule has 0 aromatic carbocycles. The minimum absolute atomic E-state index is 0.357. The van der Waals surface area contributed by atoms with Crippen LogP contribution in [0.1, 0.15) is 25.2 Å². The van der Waals surface area contributed by atoms with Gasteiger partial charge in [-0.25, -0.2) is 0 Å². The van der Waals surface area contributed by atoms with Crippen molar-refractivity contribution >= 4 is 0 Å². The van der Waals surface area contributed by atoms with E-state index in [4.69, 9.17) is 0 Å². The molecule has 0 radical (unpaired) electrons. The van der Waals surface area contributed by atoms with Gasteiger partial charge in [-0.1, -0.05) is 0 Å². The molecule has 2 atom stereocenters. The van der Waals surface area contributed by atoms with E-state index in [9.17, 15) is 0 Å². The third-order valence-electron chi connectivity index (χ3n) is 3.30. The molecule has 0 aliphatic carbocycles. The van der Waals surface area contributed by atoms with Crippen LogP contribution < -0.4 is 5.32 Å². The zero-order chi connectivity index (χ0) is 10.8. The van der Waals surface area contributed by atoms with Gasteiger partial charge in [0.2, 0.25) is 0 Å². The molecule has 1 N–H and O–H groups in total. The topological polar surface area (TPSA) is 46.0 Å². The molecule has 1 aromatic heterocycles. The third-order valence-corrected chi connectivity index (χ3v) is 3.30. The van der Waals surface area contributed by atoms with E-state index in [0.29, 0.717) is 12.1 Å². The average Bonchev–Trinajstić information content (AvgIpc) is 2.84.